The fraction of sp³-hybridized carbons (Fsp3) is 0.0145. The molecule has 0 aliphatic heterocycles. The second-order valence-electron chi connectivity index (χ2n) is 18.7. The van der Waals surface area contributed by atoms with Crippen molar-refractivity contribution >= 4 is 60.5 Å². The molecule has 1 heterocycles. The van der Waals surface area contributed by atoms with Crippen LogP contribution in [-0.2, 0) is 5.41 Å². The van der Waals surface area contributed by atoms with Crippen molar-refractivity contribution < 1.29 is 4.42 Å². The number of anilines is 3. The van der Waals surface area contributed by atoms with Crippen LogP contribution in [0.3, 0.4) is 0 Å². The molecular weight excluding hydrogens is 859 g/mol. The monoisotopic (exact) mass is 903 g/mol. The Hall–Kier alpha value is -9.24. The molecular formula is C69H45NO. The molecule has 0 spiro atoms. The first-order valence-corrected chi connectivity index (χ1v) is 24.5. The summed E-state index contributed by atoms with van der Waals surface area (Å²) in [5.74, 6) is 0. The molecule has 71 heavy (non-hydrogen) atoms. The largest absolute Gasteiger partial charge is 0.456 e. The first kappa shape index (κ1) is 40.8. The van der Waals surface area contributed by atoms with E-state index in [4.69, 9.17) is 4.42 Å². The highest BCUT2D eigenvalue weighted by Gasteiger charge is 2.47. The van der Waals surface area contributed by atoms with Crippen LogP contribution in [0, 0.1) is 0 Å². The standard InChI is InChI=1S/C69H45NO/c1-3-24-54(25-4-1)69(55-26-5-2-6-27-55)61-31-13-11-29-59(61)68-62(69)32-17-34-64(68)70(56-40-38-47(39-41-56)49-22-15-23-50(42-49)53-37-36-46-18-7-8-19-48(46)43-53)63-33-14-12-28-57(63)58-30-16-35-65-67(58)60-44-51-20-9-10-21-52(51)45-66(60)71-65/h1-45H. The van der Waals surface area contributed by atoms with Gasteiger partial charge in [0.15, 0.2) is 0 Å². The Morgan fingerprint density at radius 2 is 0.845 bits per heavy atom. The second kappa shape index (κ2) is 16.5. The van der Waals surface area contributed by atoms with Gasteiger partial charge in [-0.2, -0.15) is 0 Å². The molecule has 0 saturated carbocycles. The van der Waals surface area contributed by atoms with Crippen molar-refractivity contribution in [1.29, 1.82) is 0 Å². The zero-order chi connectivity index (χ0) is 46.9. The lowest BCUT2D eigenvalue weighted by Gasteiger charge is -2.34. The zero-order valence-corrected chi connectivity index (χ0v) is 38.8. The maximum absolute atomic E-state index is 6.70. The lowest BCUT2D eigenvalue weighted by Crippen LogP contribution is -2.28. The molecule has 14 rings (SSSR count). The molecule has 1 aromatic heterocycles. The summed E-state index contributed by atoms with van der Waals surface area (Å²) in [4.78, 5) is 2.50. The Balaban J connectivity index is 0.997. The molecule has 332 valence electrons. The molecule has 1 aliphatic carbocycles. The normalized spacial score (nSPS) is 12.6. The molecule has 0 N–H and O–H groups in total. The van der Waals surface area contributed by atoms with Gasteiger partial charge in [-0.1, -0.05) is 218 Å². The van der Waals surface area contributed by atoms with Gasteiger partial charge in [0, 0.05) is 27.6 Å². The Bertz CT molecular complexity index is 4130. The smallest absolute Gasteiger partial charge is 0.136 e. The Morgan fingerprint density at radius 3 is 1.61 bits per heavy atom. The van der Waals surface area contributed by atoms with Gasteiger partial charge in [-0.05, 0) is 132 Å². The lowest BCUT2D eigenvalue weighted by molar-refractivity contribution is 0.669. The van der Waals surface area contributed by atoms with E-state index in [1.54, 1.807) is 0 Å². The van der Waals surface area contributed by atoms with E-state index in [0.29, 0.717) is 0 Å². The van der Waals surface area contributed by atoms with E-state index in [2.05, 4.69) is 278 Å². The maximum Gasteiger partial charge on any atom is 0.136 e. The molecule has 0 amide bonds. The van der Waals surface area contributed by atoms with Crippen molar-refractivity contribution in [2.24, 2.45) is 0 Å². The molecule has 0 unspecified atom stereocenters. The summed E-state index contributed by atoms with van der Waals surface area (Å²) >= 11 is 0. The summed E-state index contributed by atoms with van der Waals surface area (Å²) in [6.45, 7) is 0. The minimum atomic E-state index is -0.556. The average Bonchev–Trinajstić information content (AvgIpc) is 3.97. The molecule has 2 heteroatoms. The molecule has 0 fully saturated rings. The summed E-state index contributed by atoms with van der Waals surface area (Å²) in [5, 5.41) is 7.06. The van der Waals surface area contributed by atoms with E-state index in [1.165, 1.54) is 66.2 Å². The van der Waals surface area contributed by atoms with Gasteiger partial charge in [0.25, 0.3) is 0 Å². The third-order valence-electron chi connectivity index (χ3n) is 14.9. The first-order chi connectivity index (χ1) is 35.2. The molecule has 0 radical (unpaired) electrons. The minimum Gasteiger partial charge on any atom is -0.456 e. The molecule has 0 saturated heterocycles. The highest BCUT2D eigenvalue weighted by atomic mass is 16.3. The Labute approximate surface area is 413 Å². The molecule has 12 aromatic carbocycles. The van der Waals surface area contributed by atoms with Crippen LogP contribution >= 0.6 is 0 Å². The number of hydrogen-bond donors (Lipinski definition) is 0. The SMILES string of the molecule is c1ccc(C2(c3ccccc3)c3ccccc3-c3c(N(c4ccc(-c5cccc(-c6ccc7ccccc7c6)c5)cc4)c4ccccc4-c4cccc5oc6cc7ccccc7cc6c45)cccc32)cc1. The molecule has 1 aliphatic rings. The Morgan fingerprint density at radius 1 is 0.310 bits per heavy atom. The summed E-state index contributed by atoms with van der Waals surface area (Å²) in [5.41, 5.74) is 18.9. The summed E-state index contributed by atoms with van der Waals surface area (Å²) in [6.07, 6.45) is 0. The van der Waals surface area contributed by atoms with Crippen LogP contribution in [0.15, 0.2) is 277 Å². The topological polar surface area (TPSA) is 16.4 Å². The third kappa shape index (κ3) is 6.49. The van der Waals surface area contributed by atoms with E-state index in [0.717, 1.165) is 61.1 Å². The van der Waals surface area contributed by atoms with E-state index in [1.807, 2.05) is 0 Å². The van der Waals surface area contributed by atoms with Gasteiger partial charge in [0.2, 0.25) is 0 Å². The molecule has 0 bridgehead atoms. The number of furan rings is 1. The maximum atomic E-state index is 6.70. The van der Waals surface area contributed by atoms with E-state index in [9.17, 15) is 0 Å². The fourth-order valence-electron chi connectivity index (χ4n) is 11.8. The van der Waals surface area contributed by atoms with Crippen LogP contribution in [0.1, 0.15) is 22.3 Å². The van der Waals surface area contributed by atoms with Crippen molar-refractivity contribution in [1.82, 2.24) is 0 Å². The highest BCUT2D eigenvalue weighted by molar-refractivity contribution is 6.17. The fourth-order valence-corrected chi connectivity index (χ4v) is 11.8. The van der Waals surface area contributed by atoms with Crippen molar-refractivity contribution in [2.45, 2.75) is 5.41 Å². The summed E-state index contributed by atoms with van der Waals surface area (Å²) < 4.78 is 6.70. The van der Waals surface area contributed by atoms with Crippen LogP contribution < -0.4 is 4.90 Å². The van der Waals surface area contributed by atoms with Crippen molar-refractivity contribution in [3.63, 3.8) is 0 Å². The molecule has 0 atom stereocenters. The van der Waals surface area contributed by atoms with Crippen LogP contribution in [-0.4, -0.2) is 0 Å². The zero-order valence-electron chi connectivity index (χ0n) is 38.8. The first-order valence-electron chi connectivity index (χ1n) is 24.5. The van der Waals surface area contributed by atoms with Gasteiger partial charge in [-0.3, -0.25) is 0 Å². The van der Waals surface area contributed by atoms with E-state index in [-0.39, 0.29) is 0 Å². The van der Waals surface area contributed by atoms with Gasteiger partial charge >= 0.3 is 0 Å². The number of nitrogens with zero attached hydrogens (tertiary/aromatic N) is 1. The van der Waals surface area contributed by atoms with Gasteiger partial charge in [-0.15, -0.1) is 0 Å². The van der Waals surface area contributed by atoms with Crippen molar-refractivity contribution in [3.05, 3.63) is 295 Å². The van der Waals surface area contributed by atoms with Crippen LogP contribution in [0.4, 0.5) is 17.1 Å². The number of rotatable bonds is 8. The van der Waals surface area contributed by atoms with Crippen molar-refractivity contribution in [3.8, 4) is 44.5 Å². The predicted molar refractivity (Wildman–Crippen MR) is 297 cm³/mol. The minimum absolute atomic E-state index is 0.556. The molecule has 13 aromatic rings. The average molecular weight is 904 g/mol. The number of hydrogen-bond acceptors (Lipinski definition) is 2. The third-order valence-corrected chi connectivity index (χ3v) is 14.9. The quantitative estimate of drug-likeness (QED) is 0.151. The van der Waals surface area contributed by atoms with Crippen LogP contribution in [0.25, 0.3) is 88.0 Å². The summed E-state index contributed by atoms with van der Waals surface area (Å²) in [6, 6.07) is 100.0. The lowest BCUT2D eigenvalue weighted by atomic mass is 9.68. The van der Waals surface area contributed by atoms with Crippen molar-refractivity contribution in [2.75, 3.05) is 4.90 Å². The number of para-hydroxylation sites is 1. The number of fused-ring (bicyclic) bond motifs is 8. The Kier molecular flexibility index (Phi) is 9.47. The highest BCUT2D eigenvalue weighted by Crippen LogP contribution is 2.60. The predicted octanol–water partition coefficient (Wildman–Crippen LogP) is 18.7. The summed E-state index contributed by atoms with van der Waals surface area (Å²) in [7, 11) is 0. The van der Waals surface area contributed by atoms with Crippen LogP contribution in [0.2, 0.25) is 0 Å². The number of benzene rings is 12. The van der Waals surface area contributed by atoms with Crippen LogP contribution in [0.5, 0.6) is 0 Å². The van der Waals surface area contributed by atoms with Gasteiger partial charge in [0.1, 0.15) is 11.2 Å². The van der Waals surface area contributed by atoms with E-state index < -0.39 is 5.41 Å². The van der Waals surface area contributed by atoms with Gasteiger partial charge < -0.3 is 9.32 Å². The second-order valence-corrected chi connectivity index (χ2v) is 18.7. The van der Waals surface area contributed by atoms with Gasteiger partial charge in [-0.25, -0.2) is 0 Å². The van der Waals surface area contributed by atoms with Gasteiger partial charge in [0.05, 0.1) is 16.8 Å². The van der Waals surface area contributed by atoms with E-state index >= 15 is 0 Å². The molecule has 2 nitrogen and oxygen atoms in total.